The number of amides is 1. The Kier molecular flexibility index (Phi) is 10.6. The van der Waals surface area contributed by atoms with Crippen molar-refractivity contribution in [1.29, 1.82) is 0 Å². The first-order valence-electron chi connectivity index (χ1n) is 9.03. The number of primary amides is 1. The van der Waals surface area contributed by atoms with Gasteiger partial charge in [-0.15, -0.1) is 24.0 Å². The maximum atomic E-state index is 13.0. The van der Waals surface area contributed by atoms with E-state index < -0.39 is 11.8 Å². The highest BCUT2D eigenvalue weighted by molar-refractivity contribution is 14.0. The minimum atomic E-state index is -0.406. The molecule has 0 radical (unpaired) electrons. The fraction of sp³-hybridized carbons (Fsp3) is 0.579. The van der Waals surface area contributed by atoms with Crippen molar-refractivity contribution in [2.24, 2.45) is 22.6 Å². The number of likely N-dealkylation sites (N-methyl/N-ethyl adjacent to an activating group) is 1. The molecule has 0 bridgehead atoms. The number of nitrogens with one attached hydrogen (secondary N) is 1. The largest absolute Gasteiger partial charge is 0.379 e. The van der Waals surface area contributed by atoms with E-state index in [4.69, 9.17) is 10.5 Å². The van der Waals surface area contributed by atoms with Gasteiger partial charge < -0.3 is 20.7 Å². The molecule has 1 atom stereocenters. The molecular formula is C19H30FIN4O2. The van der Waals surface area contributed by atoms with Crippen LogP contribution >= 0.6 is 24.0 Å². The van der Waals surface area contributed by atoms with E-state index in [9.17, 15) is 9.18 Å². The minimum Gasteiger partial charge on any atom is -0.379 e. The molecule has 152 valence electrons. The monoisotopic (exact) mass is 492 g/mol. The molecule has 0 aliphatic heterocycles. The number of halogens is 2. The van der Waals surface area contributed by atoms with Crippen LogP contribution in [0.3, 0.4) is 0 Å². The number of nitrogens with zero attached hydrogens (tertiary/aromatic N) is 2. The normalized spacial score (nSPS) is 15.0. The van der Waals surface area contributed by atoms with Crippen molar-refractivity contribution in [3.63, 3.8) is 0 Å². The van der Waals surface area contributed by atoms with Gasteiger partial charge in [0.25, 0.3) is 0 Å². The standard InChI is InChI=1S/C19H29FN4O2.HI/c1-22-19(24(2)9-10-26-13-15-3-4-15)23-12-16(18(21)25)11-14-5-7-17(20)8-6-14;/h5-8,15-16H,3-4,9-13H2,1-2H3,(H2,21,25)(H,22,23);1H. The van der Waals surface area contributed by atoms with Gasteiger partial charge in [0.05, 0.1) is 12.5 Å². The third kappa shape index (κ3) is 8.87. The van der Waals surface area contributed by atoms with Gasteiger partial charge in [-0.2, -0.15) is 0 Å². The number of hydrogen-bond acceptors (Lipinski definition) is 3. The van der Waals surface area contributed by atoms with E-state index in [2.05, 4.69) is 10.3 Å². The molecule has 8 heteroatoms. The second-order valence-corrected chi connectivity index (χ2v) is 6.80. The lowest BCUT2D eigenvalue weighted by molar-refractivity contribution is -0.121. The Morgan fingerprint density at radius 3 is 2.63 bits per heavy atom. The van der Waals surface area contributed by atoms with Crippen LogP contribution < -0.4 is 11.1 Å². The van der Waals surface area contributed by atoms with Crippen LogP contribution in [0, 0.1) is 17.7 Å². The first kappa shape index (κ1) is 23.6. The molecular weight excluding hydrogens is 462 g/mol. The molecule has 1 unspecified atom stereocenters. The molecule has 1 aliphatic rings. The molecule has 1 aliphatic carbocycles. The third-order valence-corrected chi connectivity index (χ3v) is 4.50. The molecule has 1 aromatic carbocycles. The number of rotatable bonds is 10. The van der Waals surface area contributed by atoms with Crippen LogP contribution in [0.4, 0.5) is 4.39 Å². The van der Waals surface area contributed by atoms with Crippen molar-refractivity contribution in [1.82, 2.24) is 10.2 Å². The maximum Gasteiger partial charge on any atom is 0.222 e. The Labute approximate surface area is 177 Å². The Morgan fingerprint density at radius 2 is 2.07 bits per heavy atom. The molecule has 1 amide bonds. The summed E-state index contributed by atoms with van der Waals surface area (Å²) in [6.45, 7) is 2.56. The molecule has 0 saturated heterocycles. The topological polar surface area (TPSA) is 79.9 Å². The molecule has 0 heterocycles. The highest BCUT2D eigenvalue weighted by atomic mass is 127. The van der Waals surface area contributed by atoms with E-state index in [1.54, 1.807) is 19.2 Å². The van der Waals surface area contributed by atoms with Gasteiger partial charge in [0.1, 0.15) is 5.82 Å². The van der Waals surface area contributed by atoms with E-state index in [0.717, 1.165) is 18.1 Å². The van der Waals surface area contributed by atoms with Crippen molar-refractivity contribution >= 4 is 35.8 Å². The van der Waals surface area contributed by atoms with Gasteiger partial charge in [-0.05, 0) is 42.9 Å². The number of benzene rings is 1. The van der Waals surface area contributed by atoms with E-state index in [1.165, 1.54) is 25.0 Å². The number of aliphatic imine (C=N–C) groups is 1. The van der Waals surface area contributed by atoms with Crippen LogP contribution in [-0.2, 0) is 16.0 Å². The number of carbonyl (C=O) groups is 1. The summed E-state index contributed by atoms with van der Waals surface area (Å²) in [5, 5.41) is 3.19. The lowest BCUT2D eigenvalue weighted by atomic mass is 9.98. The number of guanidine groups is 1. The van der Waals surface area contributed by atoms with Crippen LogP contribution in [0.15, 0.2) is 29.3 Å². The summed E-state index contributed by atoms with van der Waals surface area (Å²) in [4.78, 5) is 18.0. The Morgan fingerprint density at radius 1 is 1.41 bits per heavy atom. The summed E-state index contributed by atoms with van der Waals surface area (Å²) in [5.74, 6) is 0.337. The Bertz CT molecular complexity index is 608. The fourth-order valence-corrected chi connectivity index (χ4v) is 2.62. The van der Waals surface area contributed by atoms with Crippen molar-refractivity contribution in [3.8, 4) is 0 Å². The van der Waals surface area contributed by atoms with Gasteiger partial charge in [-0.25, -0.2) is 4.39 Å². The number of ether oxygens (including phenoxy) is 1. The quantitative estimate of drug-likeness (QED) is 0.227. The first-order chi connectivity index (χ1) is 12.5. The molecule has 0 aromatic heterocycles. The predicted molar refractivity (Wildman–Crippen MR) is 116 cm³/mol. The highest BCUT2D eigenvalue weighted by Gasteiger charge is 2.21. The van der Waals surface area contributed by atoms with Crippen LogP contribution in [0.5, 0.6) is 0 Å². The fourth-order valence-electron chi connectivity index (χ4n) is 2.62. The molecule has 1 fully saturated rings. The first-order valence-corrected chi connectivity index (χ1v) is 9.03. The smallest absolute Gasteiger partial charge is 0.222 e. The minimum absolute atomic E-state index is 0. The molecule has 3 N–H and O–H groups in total. The molecule has 1 aromatic rings. The third-order valence-electron chi connectivity index (χ3n) is 4.50. The van der Waals surface area contributed by atoms with Crippen molar-refractivity contribution in [2.45, 2.75) is 19.3 Å². The van der Waals surface area contributed by atoms with Crippen molar-refractivity contribution in [2.75, 3.05) is 40.4 Å². The molecule has 1 saturated carbocycles. The van der Waals surface area contributed by atoms with Crippen LogP contribution in [0.1, 0.15) is 18.4 Å². The summed E-state index contributed by atoms with van der Waals surface area (Å²) in [5.41, 5.74) is 6.39. The number of carbonyl (C=O) groups excluding carboxylic acids is 1. The lowest BCUT2D eigenvalue weighted by Gasteiger charge is -2.24. The summed E-state index contributed by atoms with van der Waals surface area (Å²) in [6.07, 6.45) is 3.01. The SMILES string of the molecule is CN=C(NCC(Cc1ccc(F)cc1)C(N)=O)N(C)CCOCC1CC1.I. The molecule has 6 nitrogen and oxygen atoms in total. The van der Waals surface area contributed by atoms with Crippen LogP contribution in [0.25, 0.3) is 0 Å². The summed E-state index contributed by atoms with van der Waals surface area (Å²) in [7, 11) is 3.62. The maximum absolute atomic E-state index is 13.0. The average molecular weight is 492 g/mol. The van der Waals surface area contributed by atoms with Gasteiger partial charge in [0.15, 0.2) is 5.96 Å². The second-order valence-electron chi connectivity index (χ2n) is 6.80. The lowest BCUT2D eigenvalue weighted by Crippen LogP contribution is -2.44. The highest BCUT2D eigenvalue weighted by Crippen LogP contribution is 2.28. The summed E-state index contributed by atoms with van der Waals surface area (Å²) < 4.78 is 18.7. The van der Waals surface area contributed by atoms with Gasteiger partial charge in [0, 0.05) is 33.8 Å². The number of nitrogens with two attached hydrogens (primary N) is 1. The van der Waals surface area contributed by atoms with Crippen LogP contribution in [0.2, 0.25) is 0 Å². The van der Waals surface area contributed by atoms with E-state index in [-0.39, 0.29) is 29.8 Å². The zero-order valence-corrected chi connectivity index (χ0v) is 18.3. The van der Waals surface area contributed by atoms with E-state index >= 15 is 0 Å². The van der Waals surface area contributed by atoms with Gasteiger partial charge >= 0.3 is 0 Å². The summed E-state index contributed by atoms with van der Waals surface area (Å²) in [6, 6.07) is 6.11. The van der Waals surface area contributed by atoms with Crippen LogP contribution in [-0.4, -0.2) is 57.2 Å². The Hall–Kier alpha value is -1.42. The van der Waals surface area contributed by atoms with Gasteiger partial charge in [-0.3, -0.25) is 9.79 Å². The van der Waals surface area contributed by atoms with Crippen molar-refractivity contribution < 1.29 is 13.9 Å². The van der Waals surface area contributed by atoms with Crippen molar-refractivity contribution in [3.05, 3.63) is 35.6 Å². The van der Waals surface area contributed by atoms with E-state index in [0.29, 0.717) is 32.1 Å². The molecule has 2 rings (SSSR count). The van der Waals surface area contributed by atoms with E-state index in [1.807, 2.05) is 11.9 Å². The average Bonchev–Trinajstić information content (AvgIpc) is 3.44. The second kappa shape index (κ2) is 12.1. The Balaban J connectivity index is 0.00000364. The predicted octanol–water partition coefficient (Wildman–Crippen LogP) is 2.02. The zero-order chi connectivity index (χ0) is 18.9. The van der Waals surface area contributed by atoms with Gasteiger partial charge in [-0.1, -0.05) is 12.1 Å². The molecule has 27 heavy (non-hydrogen) atoms. The summed E-state index contributed by atoms with van der Waals surface area (Å²) >= 11 is 0. The number of hydrogen-bond donors (Lipinski definition) is 2. The molecule has 0 spiro atoms. The zero-order valence-electron chi connectivity index (χ0n) is 16.0. The van der Waals surface area contributed by atoms with Gasteiger partial charge in [0.2, 0.25) is 5.91 Å².